The molecule has 122 valence electrons. The molecule has 2 N–H and O–H groups in total. The third kappa shape index (κ3) is 4.03. The lowest BCUT2D eigenvalue weighted by Gasteiger charge is -2.27. The van der Waals surface area contributed by atoms with Crippen LogP contribution in [0.4, 0.5) is 0 Å². The summed E-state index contributed by atoms with van der Waals surface area (Å²) < 4.78 is 10.5. The predicted octanol–water partition coefficient (Wildman–Crippen LogP) is 2.57. The van der Waals surface area contributed by atoms with Crippen molar-refractivity contribution in [1.82, 2.24) is 4.90 Å². The first-order valence-electron chi connectivity index (χ1n) is 7.61. The minimum atomic E-state index is 0.604. The van der Waals surface area contributed by atoms with Crippen molar-refractivity contribution < 1.29 is 9.47 Å². The van der Waals surface area contributed by atoms with Crippen LogP contribution in [0, 0.1) is 0 Å². The molecule has 23 heavy (non-hydrogen) atoms. The molecule has 1 aromatic heterocycles. The van der Waals surface area contributed by atoms with E-state index in [0.29, 0.717) is 12.5 Å². The standard InChI is InChI=1S/C17H21N3O2S/c1-21-15-4-2-13(3-5-15)14-10-16(23-12-14)11-19-17(18)20-6-8-22-9-7-20/h2-5,10,12H,6-9,11H2,1H3,(H2,18,19). The van der Waals surface area contributed by atoms with Crippen LogP contribution in [-0.4, -0.2) is 44.3 Å². The van der Waals surface area contributed by atoms with Crippen LogP contribution in [0.25, 0.3) is 11.1 Å². The number of hydrogen-bond acceptors (Lipinski definition) is 4. The SMILES string of the molecule is COc1ccc(-c2csc(CN=C(N)N3CCOCC3)c2)cc1. The summed E-state index contributed by atoms with van der Waals surface area (Å²) in [4.78, 5) is 7.78. The number of hydrogen-bond donors (Lipinski definition) is 1. The monoisotopic (exact) mass is 331 g/mol. The molecule has 0 radical (unpaired) electrons. The highest BCUT2D eigenvalue weighted by molar-refractivity contribution is 7.10. The highest BCUT2D eigenvalue weighted by Crippen LogP contribution is 2.27. The molecule has 0 atom stereocenters. The van der Waals surface area contributed by atoms with Crippen molar-refractivity contribution in [2.75, 3.05) is 33.4 Å². The summed E-state index contributed by atoms with van der Waals surface area (Å²) in [6, 6.07) is 10.2. The first-order chi connectivity index (χ1) is 11.3. The number of benzene rings is 1. The molecule has 0 bridgehead atoms. The fourth-order valence-electron chi connectivity index (χ4n) is 2.45. The van der Waals surface area contributed by atoms with E-state index >= 15 is 0 Å². The maximum absolute atomic E-state index is 6.06. The number of ether oxygens (including phenoxy) is 2. The van der Waals surface area contributed by atoms with E-state index in [1.54, 1.807) is 18.4 Å². The third-order valence-electron chi connectivity index (χ3n) is 3.81. The largest absolute Gasteiger partial charge is 0.497 e. The molecule has 0 spiro atoms. The van der Waals surface area contributed by atoms with Crippen molar-refractivity contribution in [2.45, 2.75) is 6.54 Å². The van der Waals surface area contributed by atoms with Gasteiger partial charge in [0, 0.05) is 18.0 Å². The lowest BCUT2D eigenvalue weighted by Crippen LogP contribution is -2.44. The lowest BCUT2D eigenvalue weighted by atomic mass is 10.1. The van der Waals surface area contributed by atoms with Gasteiger partial charge in [-0.15, -0.1) is 11.3 Å². The molecule has 2 heterocycles. The molecule has 3 rings (SSSR count). The van der Waals surface area contributed by atoms with Crippen LogP contribution >= 0.6 is 11.3 Å². The van der Waals surface area contributed by atoms with E-state index in [4.69, 9.17) is 15.2 Å². The van der Waals surface area contributed by atoms with Gasteiger partial charge in [0.05, 0.1) is 26.9 Å². The van der Waals surface area contributed by atoms with Gasteiger partial charge < -0.3 is 20.1 Å². The molecule has 6 heteroatoms. The van der Waals surface area contributed by atoms with E-state index in [1.807, 2.05) is 12.1 Å². The van der Waals surface area contributed by atoms with Gasteiger partial charge in [-0.1, -0.05) is 12.1 Å². The molecule has 1 aromatic carbocycles. The maximum Gasteiger partial charge on any atom is 0.191 e. The Morgan fingerprint density at radius 1 is 1.26 bits per heavy atom. The van der Waals surface area contributed by atoms with Crippen LogP contribution in [0.1, 0.15) is 4.88 Å². The number of aliphatic imine (C=N–C) groups is 1. The second kappa shape index (κ2) is 7.48. The zero-order valence-electron chi connectivity index (χ0n) is 13.2. The van der Waals surface area contributed by atoms with Gasteiger partial charge >= 0.3 is 0 Å². The fraction of sp³-hybridized carbons (Fsp3) is 0.353. The minimum Gasteiger partial charge on any atom is -0.497 e. The molecule has 0 saturated carbocycles. The average molecular weight is 331 g/mol. The molecule has 0 amide bonds. The zero-order valence-corrected chi connectivity index (χ0v) is 14.0. The van der Waals surface area contributed by atoms with Gasteiger partial charge in [-0.25, -0.2) is 4.99 Å². The summed E-state index contributed by atoms with van der Waals surface area (Å²) in [5.74, 6) is 1.47. The Hall–Kier alpha value is -2.05. The van der Waals surface area contributed by atoms with Crippen molar-refractivity contribution >= 4 is 17.3 Å². The summed E-state index contributed by atoms with van der Waals surface area (Å²) in [5, 5.41) is 2.15. The summed E-state index contributed by atoms with van der Waals surface area (Å²) >= 11 is 1.71. The van der Waals surface area contributed by atoms with Crippen LogP contribution in [0.5, 0.6) is 5.75 Å². The Morgan fingerprint density at radius 3 is 2.70 bits per heavy atom. The summed E-state index contributed by atoms with van der Waals surface area (Å²) in [6.45, 7) is 3.69. The van der Waals surface area contributed by atoms with Crippen LogP contribution in [0.15, 0.2) is 40.7 Å². The molecular weight excluding hydrogens is 310 g/mol. The van der Waals surface area contributed by atoms with Gasteiger partial charge in [0.25, 0.3) is 0 Å². The smallest absolute Gasteiger partial charge is 0.191 e. The average Bonchev–Trinajstić information content (AvgIpc) is 3.09. The lowest BCUT2D eigenvalue weighted by molar-refractivity contribution is 0.0674. The van der Waals surface area contributed by atoms with Crippen LogP contribution in [-0.2, 0) is 11.3 Å². The van der Waals surface area contributed by atoms with Gasteiger partial charge in [-0.3, -0.25) is 0 Å². The molecule has 0 unspecified atom stereocenters. The van der Waals surface area contributed by atoms with E-state index in [2.05, 4.69) is 33.5 Å². The Morgan fingerprint density at radius 2 is 2.00 bits per heavy atom. The highest BCUT2D eigenvalue weighted by atomic mass is 32.1. The quantitative estimate of drug-likeness (QED) is 0.691. The van der Waals surface area contributed by atoms with E-state index in [9.17, 15) is 0 Å². The topological polar surface area (TPSA) is 60.1 Å². The Kier molecular flexibility index (Phi) is 5.15. The van der Waals surface area contributed by atoms with Gasteiger partial charge in [0.1, 0.15) is 5.75 Å². The second-order valence-corrected chi connectivity index (χ2v) is 6.30. The Labute approximate surface area is 140 Å². The van der Waals surface area contributed by atoms with E-state index < -0.39 is 0 Å². The maximum atomic E-state index is 6.06. The van der Waals surface area contributed by atoms with Gasteiger partial charge in [-0.2, -0.15) is 0 Å². The molecule has 1 saturated heterocycles. The van der Waals surface area contributed by atoms with Crippen molar-refractivity contribution in [3.05, 3.63) is 40.6 Å². The van der Waals surface area contributed by atoms with Gasteiger partial charge in [-0.05, 0) is 34.7 Å². The van der Waals surface area contributed by atoms with Crippen LogP contribution in [0.2, 0.25) is 0 Å². The highest BCUT2D eigenvalue weighted by Gasteiger charge is 2.12. The van der Waals surface area contributed by atoms with Gasteiger partial charge in [0.2, 0.25) is 0 Å². The number of nitrogens with zero attached hydrogens (tertiary/aromatic N) is 2. The van der Waals surface area contributed by atoms with Crippen molar-refractivity contribution in [2.24, 2.45) is 10.7 Å². The molecule has 1 aliphatic rings. The summed E-state index contributed by atoms with van der Waals surface area (Å²) in [7, 11) is 1.68. The third-order valence-corrected chi connectivity index (χ3v) is 4.73. The zero-order chi connectivity index (χ0) is 16.1. The number of morpholine rings is 1. The van der Waals surface area contributed by atoms with Crippen molar-refractivity contribution in [3.8, 4) is 16.9 Å². The molecule has 2 aromatic rings. The number of rotatable bonds is 4. The van der Waals surface area contributed by atoms with Gasteiger partial charge in [0.15, 0.2) is 5.96 Å². The Bertz CT molecular complexity index is 661. The molecule has 1 aliphatic heterocycles. The van der Waals surface area contributed by atoms with E-state index in [0.717, 1.165) is 32.1 Å². The molecular formula is C17H21N3O2S. The fourth-order valence-corrected chi connectivity index (χ4v) is 3.27. The van der Waals surface area contributed by atoms with E-state index in [-0.39, 0.29) is 0 Å². The van der Waals surface area contributed by atoms with Crippen LogP contribution < -0.4 is 10.5 Å². The van der Waals surface area contributed by atoms with E-state index in [1.165, 1.54) is 16.0 Å². The molecule has 0 aliphatic carbocycles. The first-order valence-corrected chi connectivity index (χ1v) is 8.48. The summed E-state index contributed by atoms with van der Waals surface area (Å²) in [6.07, 6.45) is 0. The number of guanidine groups is 1. The first kappa shape index (κ1) is 15.8. The second-order valence-electron chi connectivity index (χ2n) is 5.30. The normalized spacial score (nSPS) is 15.7. The summed E-state index contributed by atoms with van der Waals surface area (Å²) in [5.41, 5.74) is 8.44. The van der Waals surface area contributed by atoms with Crippen LogP contribution in [0.3, 0.4) is 0 Å². The number of methoxy groups -OCH3 is 1. The van der Waals surface area contributed by atoms with Crippen molar-refractivity contribution in [3.63, 3.8) is 0 Å². The van der Waals surface area contributed by atoms with Crippen molar-refractivity contribution in [1.29, 1.82) is 0 Å². The number of nitrogens with two attached hydrogens (primary N) is 1. The predicted molar refractivity (Wildman–Crippen MR) is 94.0 cm³/mol. The minimum absolute atomic E-state index is 0.604. The number of thiophene rings is 1. The Balaban J connectivity index is 1.64. The molecule has 1 fully saturated rings. The molecule has 5 nitrogen and oxygen atoms in total.